The standard InChI is InChI=1S/C19H25N3OS.ClH/c1-11-5-7-15(8-6-11)19-22-14(4)17(24-19)13(3)21-18(23)12(2)16-9-20-10-16;/h5-8,12-13,16,20H,9-10H2,1-4H3,(H,21,23);1H. The van der Waals surface area contributed by atoms with E-state index in [-0.39, 0.29) is 30.3 Å². The Kier molecular flexibility index (Phi) is 6.60. The first kappa shape index (κ1) is 19.9. The van der Waals surface area contributed by atoms with Crippen molar-refractivity contribution in [2.24, 2.45) is 11.8 Å². The lowest BCUT2D eigenvalue weighted by Gasteiger charge is -2.32. The Morgan fingerprint density at radius 2 is 1.88 bits per heavy atom. The first-order chi connectivity index (χ1) is 11.5. The molecule has 4 nitrogen and oxygen atoms in total. The third kappa shape index (κ3) is 4.40. The number of halogens is 1. The number of amides is 1. The van der Waals surface area contributed by atoms with Crippen LogP contribution in [0.5, 0.6) is 0 Å². The van der Waals surface area contributed by atoms with Crippen molar-refractivity contribution in [1.82, 2.24) is 15.6 Å². The smallest absolute Gasteiger partial charge is 0.223 e. The van der Waals surface area contributed by atoms with E-state index in [0.717, 1.165) is 34.2 Å². The van der Waals surface area contributed by atoms with Crippen molar-refractivity contribution in [3.8, 4) is 10.6 Å². The van der Waals surface area contributed by atoms with Crippen LogP contribution in [0.15, 0.2) is 24.3 Å². The molecule has 0 spiro atoms. The fourth-order valence-corrected chi connectivity index (χ4v) is 3.99. The van der Waals surface area contributed by atoms with Gasteiger partial charge in [0.25, 0.3) is 0 Å². The molecule has 0 bridgehead atoms. The van der Waals surface area contributed by atoms with Crippen molar-refractivity contribution in [2.75, 3.05) is 13.1 Å². The molecule has 1 aliphatic heterocycles. The van der Waals surface area contributed by atoms with Crippen LogP contribution in [0.4, 0.5) is 0 Å². The predicted octanol–water partition coefficient (Wildman–Crippen LogP) is 3.88. The molecule has 0 radical (unpaired) electrons. The fraction of sp³-hybridized carbons (Fsp3) is 0.474. The SMILES string of the molecule is Cc1ccc(-c2nc(C)c(C(C)NC(=O)C(C)C3CNC3)s2)cc1.Cl. The molecule has 25 heavy (non-hydrogen) atoms. The molecule has 1 aromatic heterocycles. The molecule has 1 aromatic carbocycles. The van der Waals surface area contributed by atoms with Gasteiger partial charge in [-0.25, -0.2) is 4.98 Å². The Labute approximate surface area is 159 Å². The summed E-state index contributed by atoms with van der Waals surface area (Å²) in [6, 6.07) is 8.40. The summed E-state index contributed by atoms with van der Waals surface area (Å²) < 4.78 is 0. The second kappa shape index (κ2) is 8.30. The van der Waals surface area contributed by atoms with E-state index in [1.165, 1.54) is 5.56 Å². The van der Waals surface area contributed by atoms with E-state index in [2.05, 4.69) is 41.8 Å². The van der Waals surface area contributed by atoms with Gasteiger partial charge in [0.1, 0.15) is 5.01 Å². The summed E-state index contributed by atoms with van der Waals surface area (Å²) in [5.74, 6) is 0.653. The molecule has 1 amide bonds. The van der Waals surface area contributed by atoms with Crippen molar-refractivity contribution >= 4 is 29.7 Å². The minimum absolute atomic E-state index is 0. The normalized spacial score (nSPS) is 16.5. The number of nitrogens with zero attached hydrogens (tertiary/aromatic N) is 1. The van der Waals surface area contributed by atoms with Gasteiger partial charge in [0.05, 0.1) is 16.6 Å². The lowest BCUT2D eigenvalue weighted by Crippen LogP contribution is -2.49. The van der Waals surface area contributed by atoms with Crippen molar-refractivity contribution in [3.05, 3.63) is 40.4 Å². The summed E-state index contributed by atoms with van der Waals surface area (Å²) in [7, 11) is 0. The number of hydrogen-bond acceptors (Lipinski definition) is 4. The zero-order chi connectivity index (χ0) is 17.3. The van der Waals surface area contributed by atoms with Gasteiger partial charge in [-0.05, 0) is 39.8 Å². The number of carbonyl (C=O) groups is 1. The average molecular weight is 380 g/mol. The van der Waals surface area contributed by atoms with Crippen LogP contribution in [0.3, 0.4) is 0 Å². The van der Waals surface area contributed by atoms with E-state index in [4.69, 9.17) is 4.98 Å². The van der Waals surface area contributed by atoms with E-state index in [1.54, 1.807) is 11.3 Å². The van der Waals surface area contributed by atoms with E-state index in [0.29, 0.717) is 5.92 Å². The van der Waals surface area contributed by atoms with Crippen molar-refractivity contribution in [3.63, 3.8) is 0 Å². The molecule has 1 fully saturated rings. The third-order valence-corrected chi connectivity index (χ3v) is 6.21. The Morgan fingerprint density at radius 1 is 1.24 bits per heavy atom. The number of aryl methyl sites for hydroxylation is 2. The van der Waals surface area contributed by atoms with Gasteiger partial charge in [-0.1, -0.05) is 36.8 Å². The Morgan fingerprint density at radius 3 is 2.44 bits per heavy atom. The van der Waals surface area contributed by atoms with Crippen LogP contribution in [0.2, 0.25) is 0 Å². The highest BCUT2D eigenvalue weighted by molar-refractivity contribution is 7.15. The minimum atomic E-state index is -0.00955. The maximum absolute atomic E-state index is 12.4. The zero-order valence-corrected chi connectivity index (χ0v) is 16.8. The largest absolute Gasteiger partial charge is 0.348 e. The van der Waals surface area contributed by atoms with Crippen LogP contribution >= 0.6 is 23.7 Å². The molecular weight excluding hydrogens is 354 g/mol. The number of carbonyl (C=O) groups excluding carboxylic acids is 1. The number of aromatic nitrogens is 1. The first-order valence-electron chi connectivity index (χ1n) is 8.51. The number of nitrogens with one attached hydrogen (secondary N) is 2. The van der Waals surface area contributed by atoms with Gasteiger partial charge in [-0.15, -0.1) is 23.7 Å². The summed E-state index contributed by atoms with van der Waals surface area (Å²) in [5.41, 5.74) is 3.38. The molecule has 1 aliphatic rings. The van der Waals surface area contributed by atoms with Gasteiger partial charge in [0.15, 0.2) is 0 Å². The average Bonchev–Trinajstić information content (AvgIpc) is 2.88. The quantitative estimate of drug-likeness (QED) is 0.828. The van der Waals surface area contributed by atoms with E-state index in [9.17, 15) is 4.79 Å². The van der Waals surface area contributed by atoms with Crippen LogP contribution < -0.4 is 10.6 Å². The van der Waals surface area contributed by atoms with Gasteiger partial charge in [0, 0.05) is 11.5 Å². The van der Waals surface area contributed by atoms with Crippen LogP contribution in [-0.2, 0) is 4.79 Å². The second-order valence-corrected chi connectivity index (χ2v) is 7.80. The molecule has 2 heterocycles. The van der Waals surface area contributed by atoms with E-state index >= 15 is 0 Å². The highest BCUT2D eigenvalue weighted by Crippen LogP contribution is 2.32. The highest BCUT2D eigenvalue weighted by atomic mass is 35.5. The number of benzene rings is 1. The molecule has 2 unspecified atom stereocenters. The molecule has 0 saturated carbocycles. The summed E-state index contributed by atoms with van der Waals surface area (Å²) in [6.45, 7) is 10.1. The van der Waals surface area contributed by atoms with Gasteiger partial charge < -0.3 is 10.6 Å². The van der Waals surface area contributed by atoms with E-state index < -0.39 is 0 Å². The third-order valence-electron chi connectivity index (χ3n) is 4.82. The van der Waals surface area contributed by atoms with Crippen molar-refractivity contribution < 1.29 is 4.79 Å². The monoisotopic (exact) mass is 379 g/mol. The molecule has 3 rings (SSSR count). The fourth-order valence-electron chi connectivity index (χ4n) is 2.92. The number of thiazole rings is 1. The van der Waals surface area contributed by atoms with Crippen LogP contribution in [0, 0.1) is 25.7 Å². The molecule has 1 saturated heterocycles. The second-order valence-electron chi connectivity index (χ2n) is 6.77. The Balaban J connectivity index is 0.00000225. The van der Waals surface area contributed by atoms with Gasteiger partial charge >= 0.3 is 0 Å². The molecule has 136 valence electrons. The Hall–Kier alpha value is -1.43. The van der Waals surface area contributed by atoms with Gasteiger partial charge in [0.2, 0.25) is 5.91 Å². The minimum Gasteiger partial charge on any atom is -0.348 e. The zero-order valence-electron chi connectivity index (χ0n) is 15.1. The van der Waals surface area contributed by atoms with Crippen LogP contribution in [-0.4, -0.2) is 24.0 Å². The maximum atomic E-state index is 12.4. The van der Waals surface area contributed by atoms with Crippen LogP contribution in [0.1, 0.15) is 36.0 Å². The highest BCUT2D eigenvalue weighted by Gasteiger charge is 2.29. The maximum Gasteiger partial charge on any atom is 0.223 e. The molecular formula is C19H26ClN3OS. The molecule has 6 heteroatoms. The lowest BCUT2D eigenvalue weighted by molar-refractivity contribution is -0.127. The summed E-state index contributed by atoms with van der Waals surface area (Å²) in [5, 5.41) is 7.41. The van der Waals surface area contributed by atoms with E-state index in [1.807, 2.05) is 20.8 Å². The molecule has 2 atom stereocenters. The summed E-state index contributed by atoms with van der Waals surface area (Å²) in [6.07, 6.45) is 0. The van der Waals surface area contributed by atoms with Crippen LogP contribution in [0.25, 0.3) is 10.6 Å². The van der Waals surface area contributed by atoms with Gasteiger partial charge in [-0.3, -0.25) is 4.79 Å². The summed E-state index contributed by atoms with van der Waals surface area (Å²) in [4.78, 5) is 18.3. The Bertz CT molecular complexity index is 725. The van der Waals surface area contributed by atoms with Crippen molar-refractivity contribution in [1.29, 1.82) is 0 Å². The lowest BCUT2D eigenvalue weighted by atomic mass is 9.88. The topological polar surface area (TPSA) is 54.0 Å². The summed E-state index contributed by atoms with van der Waals surface area (Å²) >= 11 is 1.67. The molecule has 0 aliphatic carbocycles. The molecule has 2 N–H and O–H groups in total. The first-order valence-corrected chi connectivity index (χ1v) is 9.33. The molecule has 2 aromatic rings. The van der Waals surface area contributed by atoms with Gasteiger partial charge in [-0.2, -0.15) is 0 Å². The van der Waals surface area contributed by atoms with Crippen molar-refractivity contribution in [2.45, 2.75) is 33.7 Å². The number of rotatable bonds is 5. The predicted molar refractivity (Wildman–Crippen MR) is 106 cm³/mol. The number of hydrogen-bond donors (Lipinski definition) is 2.